The Bertz CT molecular complexity index is 888. The number of carbonyl (C=O) groups excluding carboxylic acids is 1. The first kappa shape index (κ1) is 28.1. The van der Waals surface area contributed by atoms with E-state index in [2.05, 4.69) is 5.32 Å². The van der Waals surface area contributed by atoms with Gasteiger partial charge in [0.15, 0.2) is 0 Å². The Morgan fingerprint density at radius 2 is 1.47 bits per heavy atom. The minimum atomic E-state index is -4.52. The molecule has 0 saturated carbocycles. The lowest BCUT2D eigenvalue weighted by atomic mass is 9.97. The zero-order valence-corrected chi connectivity index (χ0v) is 18.8. The lowest BCUT2D eigenvalue weighted by molar-refractivity contribution is -0.139. The number of alkyl halides is 6. The quantitative estimate of drug-likeness (QED) is 0.232. The molecule has 0 bridgehead atoms. The fourth-order valence-corrected chi connectivity index (χ4v) is 2.89. The molecule has 1 unspecified atom stereocenters. The summed E-state index contributed by atoms with van der Waals surface area (Å²) in [5.41, 5.74) is 1.32. The van der Waals surface area contributed by atoms with Crippen LogP contribution in [0.5, 0.6) is 0 Å². The normalized spacial score (nSPS) is 12.8. The number of amides is 1. The van der Waals surface area contributed by atoms with Crippen LogP contribution in [-0.2, 0) is 11.3 Å². The number of halogens is 9. The average molecular weight is 521 g/mol. The van der Waals surface area contributed by atoms with E-state index in [9.17, 15) is 31.1 Å². The second-order valence-electron chi connectivity index (χ2n) is 6.39. The lowest BCUT2D eigenvalue weighted by Crippen LogP contribution is -2.19. The van der Waals surface area contributed by atoms with Crippen LogP contribution in [0.25, 0.3) is 6.08 Å². The standard InChI is InChI=1S/C18H13Cl3F3NO.C3H5F3/c19-15-7-13(8-16(20)17(15)21)14(18(22,23)24)6-5-11-1-3-12(4-2-11)9-25-10-26;1-2-3(4,5)6/h1-8,10,14H,9H2,(H,25,26);2H2,1H3/b6-5-;. The Morgan fingerprint density at radius 1 is 0.969 bits per heavy atom. The van der Waals surface area contributed by atoms with Crippen LogP contribution in [0.4, 0.5) is 26.3 Å². The first-order valence-electron chi connectivity index (χ1n) is 9.00. The second-order valence-corrected chi connectivity index (χ2v) is 7.58. The number of rotatable bonds is 6. The van der Waals surface area contributed by atoms with Crippen molar-refractivity contribution in [3.05, 3.63) is 74.2 Å². The highest BCUT2D eigenvalue weighted by Gasteiger charge is 2.39. The van der Waals surface area contributed by atoms with Gasteiger partial charge in [-0.3, -0.25) is 4.79 Å². The summed E-state index contributed by atoms with van der Waals surface area (Å²) in [5.74, 6) is -1.88. The lowest BCUT2D eigenvalue weighted by Gasteiger charge is -2.18. The first-order chi connectivity index (χ1) is 14.8. The van der Waals surface area contributed by atoms with E-state index in [1.54, 1.807) is 24.3 Å². The van der Waals surface area contributed by atoms with Crippen LogP contribution in [0.2, 0.25) is 15.1 Å². The fourth-order valence-electron chi connectivity index (χ4n) is 2.28. The van der Waals surface area contributed by atoms with Crippen molar-refractivity contribution in [2.24, 2.45) is 0 Å². The summed E-state index contributed by atoms with van der Waals surface area (Å²) < 4.78 is 72.7. The Kier molecular flexibility index (Phi) is 10.9. The van der Waals surface area contributed by atoms with Crippen LogP contribution in [0, 0.1) is 0 Å². The highest BCUT2D eigenvalue weighted by molar-refractivity contribution is 6.48. The smallest absolute Gasteiger partial charge is 0.355 e. The summed E-state index contributed by atoms with van der Waals surface area (Å²) in [4.78, 5) is 10.3. The van der Waals surface area contributed by atoms with Crippen molar-refractivity contribution in [1.29, 1.82) is 0 Å². The van der Waals surface area contributed by atoms with Crippen molar-refractivity contribution in [1.82, 2.24) is 5.32 Å². The summed E-state index contributed by atoms with van der Waals surface area (Å²) in [7, 11) is 0. The van der Waals surface area contributed by atoms with E-state index in [1.807, 2.05) is 0 Å². The first-order valence-corrected chi connectivity index (χ1v) is 10.1. The Balaban J connectivity index is 0.000000751. The molecular weight excluding hydrogens is 503 g/mol. The fraction of sp³-hybridized carbons (Fsp3) is 0.286. The van der Waals surface area contributed by atoms with Crippen LogP contribution in [0.1, 0.15) is 36.0 Å². The zero-order chi connectivity index (χ0) is 24.5. The predicted molar refractivity (Wildman–Crippen MR) is 115 cm³/mol. The predicted octanol–water partition coefficient (Wildman–Crippen LogP) is 8.21. The molecule has 176 valence electrons. The van der Waals surface area contributed by atoms with Crippen molar-refractivity contribution in [2.75, 3.05) is 0 Å². The highest BCUT2D eigenvalue weighted by Crippen LogP contribution is 2.41. The molecule has 1 amide bonds. The van der Waals surface area contributed by atoms with E-state index >= 15 is 0 Å². The maximum Gasteiger partial charge on any atom is 0.399 e. The van der Waals surface area contributed by atoms with Crippen molar-refractivity contribution in [2.45, 2.75) is 38.2 Å². The zero-order valence-electron chi connectivity index (χ0n) is 16.5. The molecule has 0 heterocycles. The molecule has 2 aromatic rings. The molecule has 0 spiro atoms. The van der Waals surface area contributed by atoms with E-state index in [0.717, 1.165) is 30.7 Å². The average Bonchev–Trinajstić information content (AvgIpc) is 2.70. The highest BCUT2D eigenvalue weighted by atomic mass is 35.5. The molecule has 2 nitrogen and oxygen atoms in total. The number of hydrogen-bond donors (Lipinski definition) is 1. The number of benzene rings is 2. The molecule has 0 fully saturated rings. The minimum absolute atomic E-state index is 0.0153. The summed E-state index contributed by atoms with van der Waals surface area (Å²) >= 11 is 17.5. The molecule has 1 atom stereocenters. The van der Waals surface area contributed by atoms with Crippen LogP contribution in [-0.4, -0.2) is 18.8 Å². The molecule has 2 rings (SSSR count). The van der Waals surface area contributed by atoms with E-state index < -0.39 is 24.7 Å². The molecule has 0 aliphatic carbocycles. The van der Waals surface area contributed by atoms with Gasteiger partial charge in [0, 0.05) is 13.0 Å². The third kappa shape index (κ3) is 9.71. The van der Waals surface area contributed by atoms with Gasteiger partial charge in [-0.1, -0.05) is 78.1 Å². The summed E-state index contributed by atoms with van der Waals surface area (Å²) in [6.07, 6.45) is -6.23. The molecule has 2 aromatic carbocycles. The van der Waals surface area contributed by atoms with E-state index in [0.29, 0.717) is 18.5 Å². The summed E-state index contributed by atoms with van der Waals surface area (Å²) in [6.45, 7) is 1.43. The van der Waals surface area contributed by atoms with Crippen molar-refractivity contribution < 1.29 is 31.1 Å². The molecule has 32 heavy (non-hydrogen) atoms. The van der Waals surface area contributed by atoms with Gasteiger partial charge in [0.05, 0.1) is 21.0 Å². The maximum absolute atomic E-state index is 13.5. The van der Waals surface area contributed by atoms with Crippen molar-refractivity contribution >= 4 is 47.3 Å². The van der Waals surface area contributed by atoms with E-state index in [1.165, 1.54) is 6.08 Å². The van der Waals surface area contributed by atoms with Crippen LogP contribution in [0.15, 0.2) is 42.5 Å². The van der Waals surface area contributed by atoms with Gasteiger partial charge in [0.2, 0.25) is 6.41 Å². The molecule has 11 heteroatoms. The molecular formula is C21H18Cl3F6NO. The monoisotopic (exact) mass is 519 g/mol. The van der Waals surface area contributed by atoms with Crippen molar-refractivity contribution in [3.63, 3.8) is 0 Å². The molecule has 0 radical (unpaired) electrons. The Hall–Kier alpha value is -1.90. The van der Waals surface area contributed by atoms with Gasteiger partial charge < -0.3 is 5.32 Å². The Morgan fingerprint density at radius 3 is 1.88 bits per heavy atom. The van der Waals surface area contributed by atoms with Gasteiger partial charge in [-0.25, -0.2) is 0 Å². The molecule has 1 N–H and O–H groups in total. The van der Waals surface area contributed by atoms with Gasteiger partial charge in [-0.05, 0) is 28.8 Å². The van der Waals surface area contributed by atoms with Gasteiger partial charge in [-0.15, -0.1) is 0 Å². The molecule has 0 aliphatic rings. The summed E-state index contributed by atoms with van der Waals surface area (Å²) in [5, 5.41) is 2.45. The van der Waals surface area contributed by atoms with Gasteiger partial charge in [0.25, 0.3) is 0 Å². The van der Waals surface area contributed by atoms with Gasteiger partial charge in [0.1, 0.15) is 0 Å². The van der Waals surface area contributed by atoms with Crippen LogP contribution in [0.3, 0.4) is 0 Å². The third-order valence-corrected chi connectivity index (χ3v) is 5.17. The third-order valence-electron chi connectivity index (χ3n) is 3.97. The van der Waals surface area contributed by atoms with Gasteiger partial charge >= 0.3 is 12.4 Å². The SMILES string of the molecule is CCC(F)(F)F.O=CNCc1ccc(/C=C\C(c2cc(Cl)c(Cl)c(Cl)c2)C(F)(F)F)cc1. The number of allylic oxidation sites excluding steroid dienone is 1. The number of carbonyl (C=O) groups is 1. The maximum atomic E-state index is 13.5. The molecule has 0 aromatic heterocycles. The van der Waals surface area contributed by atoms with Crippen LogP contribution >= 0.6 is 34.8 Å². The Labute approximate surface area is 196 Å². The summed E-state index contributed by atoms with van der Waals surface area (Å²) in [6, 6.07) is 9.07. The van der Waals surface area contributed by atoms with Crippen LogP contribution < -0.4 is 5.32 Å². The molecule has 0 saturated heterocycles. The minimum Gasteiger partial charge on any atom is -0.355 e. The largest absolute Gasteiger partial charge is 0.399 e. The molecule has 0 aliphatic heterocycles. The van der Waals surface area contributed by atoms with Crippen molar-refractivity contribution in [3.8, 4) is 0 Å². The number of hydrogen-bond acceptors (Lipinski definition) is 1. The topological polar surface area (TPSA) is 29.1 Å². The van der Waals surface area contributed by atoms with E-state index in [4.69, 9.17) is 34.8 Å². The van der Waals surface area contributed by atoms with E-state index in [-0.39, 0.29) is 20.6 Å². The number of nitrogens with one attached hydrogen (secondary N) is 1. The van der Waals surface area contributed by atoms with Gasteiger partial charge in [-0.2, -0.15) is 26.3 Å². The second kappa shape index (κ2) is 12.4.